The summed E-state index contributed by atoms with van der Waals surface area (Å²) in [5.74, 6) is -0.671. The molecule has 2 N–H and O–H groups in total. The van der Waals surface area contributed by atoms with Crippen LogP contribution in [0.4, 0.5) is 4.79 Å². The molecule has 1 aliphatic carbocycles. The van der Waals surface area contributed by atoms with E-state index in [2.05, 4.69) is 5.32 Å². The highest BCUT2D eigenvalue weighted by atomic mass is 16.3. The van der Waals surface area contributed by atoms with Gasteiger partial charge in [0.05, 0.1) is 13.2 Å². The molecule has 17 heavy (non-hydrogen) atoms. The lowest BCUT2D eigenvalue weighted by atomic mass is 10.4. The second kappa shape index (κ2) is 4.70. The molecule has 0 bridgehead atoms. The summed E-state index contributed by atoms with van der Waals surface area (Å²) in [5, 5.41) is 11.2. The third kappa shape index (κ3) is 2.55. The van der Waals surface area contributed by atoms with Crippen molar-refractivity contribution in [1.82, 2.24) is 15.1 Å². The summed E-state index contributed by atoms with van der Waals surface area (Å²) in [7, 11) is 0. The molecule has 0 unspecified atom stereocenters. The Balaban J connectivity index is 1.94. The highest BCUT2D eigenvalue weighted by molar-refractivity contribution is 6.04. The van der Waals surface area contributed by atoms with Crippen LogP contribution in [0.5, 0.6) is 0 Å². The van der Waals surface area contributed by atoms with Crippen molar-refractivity contribution in [2.24, 2.45) is 0 Å². The Kier molecular flexibility index (Phi) is 3.28. The van der Waals surface area contributed by atoms with Crippen molar-refractivity contribution < 1.29 is 19.5 Å². The third-order valence-corrected chi connectivity index (χ3v) is 2.88. The van der Waals surface area contributed by atoms with Gasteiger partial charge >= 0.3 is 6.03 Å². The van der Waals surface area contributed by atoms with E-state index in [1.54, 1.807) is 4.90 Å². The van der Waals surface area contributed by atoms with Crippen molar-refractivity contribution in [2.75, 3.05) is 26.2 Å². The van der Waals surface area contributed by atoms with Crippen LogP contribution >= 0.6 is 0 Å². The lowest BCUT2D eigenvalue weighted by Gasteiger charge is -2.23. The fourth-order valence-electron chi connectivity index (χ4n) is 1.85. The summed E-state index contributed by atoms with van der Waals surface area (Å²) in [5.41, 5.74) is 0. The minimum Gasteiger partial charge on any atom is -0.395 e. The van der Waals surface area contributed by atoms with Crippen molar-refractivity contribution in [3.05, 3.63) is 0 Å². The Bertz CT molecular complexity index is 337. The lowest BCUT2D eigenvalue weighted by molar-refractivity contribution is -0.137. The van der Waals surface area contributed by atoms with Crippen LogP contribution in [0.3, 0.4) is 0 Å². The summed E-state index contributed by atoms with van der Waals surface area (Å²) in [6.07, 6.45) is 1.85. The van der Waals surface area contributed by atoms with Crippen LogP contribution in [0.15, 0.2) is 0 Å². The van der Waals surface area contributed by atoms with Crippen LogP contribution in [0.2, 0.25) is 0 Å². The summed E-state index contributed by atoms with van der Waals surface area (Å²) in [4.78, 5) is 36.9. The molecule has 0 aromatic carbocycles. The Morgan fingerprint density at radius 2 is 2.18 bits per heavy atom. The molecule has 0 aromatic heterocycles. The molecule has 2 aliphatic rings. The number of hydrogen-bond donors (Lipinski definition) is 2. The number of aliphatic hydroxyl groups is 1. The SMILES string of the molecule is O=C1CNC(=O)N1CC(=O)N(CCO)C1CC1. The van der Waals surface area contributed by atoms with E-state index >= 15 is 0 Å². The van der Waals surface area contributed by atoms with E-state index in [0.717, 1.165) is 17.7 Å². The number of carbonyl (C=O) groups is 3. The Hall–Kier alpha value is -1.63. The zero-order valence-corrected chi connectivity index (χ0v) is 9.39. The number of nitrogens with zero attached hydrogens (tertiary/aromatic N) is 2. The second-order valence-corrected chi connectivity index (χ2v) is 4.18. The number of urea groups is 1. The summed E-state index contributed by atoms with van der Waals surface area (Å²) in [6.45, 7) is -0.133. The highest BCUT2D eigenvalue weighted by Gasteiger charge is 2.36. The number of imide groups is 1. The maximum absolute atomic E-state index is 11.9. The molecule has 4 amide bonds. The van der Waals surface area contributed by atoms with Gasteiger partial charge in [-0.3, -0.25) is 14.5 Å². The van der Waals surface area contributed by atoms with Crippen molar-refractivity contribution in [1.29, 1.82) is 0 Å². The van der Waals surface area contributed by atoms with E-state index in [1.807, 2.05) is 0 Å². The zero-order valence-electron chi connectivity index (χ0n) is 9.39. The maximum atomic E-state index is 11.9. The Morgan fingerprint density at radius 1 is 1.47 bits per heavy atom. The maximum Gasteiger partial charge on any atom is 0.325 e. The largest absolute Gasteiger partial charge is 0.395 e. The van der Waals surface area contributed by atoms with Crippen molar-refractivity contribution in [3.63, 3.8) is 0 Å². The molecule has 0 spiro atoms. The van der Waals surface area contributed by atoms with Gasteiger partial charge in [-0.25, -0.2) is 4.79 Å². The van der Waals surface area contributed by atoms with Gasteiger partial charge in [0.15, 0.2) is 0 Å². The molecule has 7 nitrogen and oxygen atoms in total. The Morgan fingerprint density at radius 3 is 2.65 bits per heavy atom. The molecule has 94 valence electrons. The molecule has 2 fully saturated rings. The lowest BCUT2D eigenvalue weighted by Crippen LogP contribution is -2.45. The van der Waals surface area contributed by atoms with E-state index in [0.29, 0.717) is 0 Å². The number of rotatable bonds is 5. The van der Waals surface area contributed by atoms with Gasteiger partial charge in [-0.05, 0) is 12.8 Å². The van der Waals surface area contributed by atoms with Crippen LogP contribution in [0.25, 0.3) is 0 Å². The molecule has 1 saturated heterocycles. The van der Waals surface area contributed by atoms with E-state index in [4.69, 9.17) is 5.11 Å². The first-order chi connectivity index (χ1) is 8.13. The molecule has 0 radical (unpaired) electrons. The first kappa shape index (κ1) is 11.8. The number of carbonyl (C=O) groups excluding carboxylic acids is 3. The number of hydrogen-bond acceptors (Lipinski definition) is 4. The van der Waals surface area contributed by atoms with Crippen LogP contribution < -0.4 is 5.32 Å². The predicted molar refractivity (Wildman–Crippen MR) is 56.9 cm³/mol. The number of nitrogens with one attached hydrogen (secondary N) is 1. The standard InChI is InChI=1S/C10H15N3O4/c14-4-3-12(7-1-2-7)9(16)6-13-8(15)5-11-10(13)17/h7,14H,1-6H2,(H,11,17). The van der Waals surface area contributed by atoms with Crippen LogP contribution in [-0.2, 0) is 9.59 Å². The predicted octanol–water partition coefficient (Wildman–Crippen LogP) is -1.48. The molecule has 1 aliphatic heterocycles. The van der Waals surface area contributed by atoms with Gasteiger partial charge in [0, 0.05) is 12.6 Å². The van der Waals surface area contributed by atoms with Gasteiger partial charge in [0.2, 0.25) is 5.91 Å². The van der Waals surface area contributed by atoms with Crippen LogP contribution in [0, 0.1) is 0 Å². The van der Waals surface area contributed by atoms with E-state index in [9.17, 15) is 14.4 Å². The topological polar surface area (TPSA) is 90.0 Å². The molecular formula is C10H15N3O4. The first-order valence-corrected chi connectivity index (χ1v) is 5.62. The molecule has 0 atom stereocenters. The molecule has 1 saturated carbocycles. The molecule has 1 heterocycles. The number of amides is 4. The summed E-state index contributed by atoms with van der Waals surface area (Å²) in [6, 6.07) is -0.362. The van der Waals surface area contributed by atoms with Crippen molar-refractivity contribution in [2.45, 2.75) is 18.9 Å². The smallest absolute Gasteiger partial charge is 0.325 e. The summed E-state index contributed by atoms with van der Waals surface area (Å²) >= 11 is 0. The molecule has 7 heteroatoms. The molecule has 0 aromatic rings. The Labute approximate surface area is 98.4 Å². The van der Waals surface area contributed by atoms with Crippen LogP contribution in [0.1, 0.15) is 12.8 Å². The van der Waals surface area contributed by atoms with Crippen LogP contribution in [-0.4, -0.2) is 65.0 Å². The minimum atomic E-state index is -0.525. The number of aliphatic hydroxyl groups excluding tert-OH is 1. The monoisotopic (exact) mass is 241 g/mol. The quantitative estimate of drug-likeness (QED) is 0.574. The average Bonchev–Trinajstić information content (AvgIpc) is 3.08. The van der Waals surface area contributed by atoms with Gasteiger partial charge in [0.1, 0.15) is 6.54 Å². The fraction of sp³-hybridized carbons (Fsp3) is 0.700. The minimum absolute atomic E-state index is 0.0461. The summed E-state index contributed by atoms with van der Waals surface area (Å²) < 4.78 is 0. The van der Waals surface area contributed by atoms with Gasteiger partial charge < -0.3 is 15.3 Å². The fourth-order valence-corrected chi connectivity index (χ4v) is 1.85. The zero-order chi connectivity index (χ0) is 12.4. The van der Waals surface area contributed by atoms with E-state index in [1.165, 1.54) is 0 Å². The first-order valence-electron chi connectivity index (χ1n) is 5.62. The van der Waals surface area contributed by atoms with E-state index < -0.39 is 6.03 Å². The highest BCUT2D eigenvalue weighted by Crippen LogP contribution is 2.26. The van der Waals surface area contributed by atoms with Crippen molar-refractivity contribution in [3.8, 4) is 0 Å². The molecular weight excluding hydrogens is 226 g/mol. The second-order valence-electron chi connectivity index (χ2n) is 4.18. The van der Waals surface area contributed by atoms with Gasteiger partial charge in [-0.2, -0.15) is 0 Å². The average molecular weight is 241 g/mol. The van der Waals surface area contributed by atoms with Gasteiger partial charge in [-0.15, -0.1) is 0 Å². The molecule has 2 rings (SSSR count). The van der Waals surface area contributed by atoms with Gasteiger partial charge in [-0.1, -0.05) is 0 Å². The normalized spacial score (nSPS) is 19.5. The van der Waals surface area contributed by atoms with E-state index in [-0.39, 0.29) is 44.1 Å². The van der Waals surface area contributed by atoms with Gasteiger partial charge in [0.25, 0.3) is 5.91 Å². The van der Waals surface area contributed by atoms with Crippen molar-refractivity contribution >= 4 is 17.8 Å². The third-order valence-electron chi connectivity index (χ3n) is 2.88.